The van der Waals surface area contributed by atoms with Crippen LogP contribution >= 0.6 is 0 Å². The van der Waals surface area contributed by atoms with E-state index < -0.39 is 0 Å². The van der Waals surface area contributed by atoms with Crippen LogP contribution in [0, 0.1) is 0 Å². The van der Waals surface area contributed by atoms with Crippen molar-refractivity contribution < 1.29 is 19.1 Å². The molecular formula is C68H134N2O4. The maximum Gasteiger partial charge on any atom is 0.307 e. The van der Waals surface area contributed by atoms with Crippen LogP contribution < -0.4 is 0 Å². The van der Waals surface area contributed by atoms with Gasteiger partial charge in [-0.2, -0.15) is 0 Å². The van der Waals surface area contributed by atoms with Crippen LogP contribution in [0.5, 0.6) is 0 Å². The lowest BCUT2D eigenvalue weighted by molar-refractivity contribution is -0.158. The molecule has 6 nitrogen and oxygen atoms in total. The Bertz CT molecular complexity index is 983. The summed E-state index contributed by atoms with van der Waals surface area (Å²) in [6.07, 6.45) is 70.0. The normalized spacial score (nSPS) is 14.9. The summed E-state index contributed by atoms with van der Waals surface area (Å²) < 4.78 is 12.2. The summed E-state index contributed by atoms with van der Waals surface area (Å²) in [5.41, 5.74) is 0. The molecule has 1 aliphatic rings. The van der Waals surface area contributed by atoms with Crippen LogP contribution in [-0.4, -0.2) is 73.2 Å². The van der Waals surface area contributed by atoms with Crippen molar-refractivity contribution >= 4 is 11.9 Å². The van der Waals surface area contributed by atoms with E-state index in [1.807, 2.05) is 0 Å². The zero-order chi connectivity index (χ0) is 53.3. The van der Waals surface area contributed by atoms with Crippen molar-refractivity contribution in [1.82, 2.24) is 9.80 Å². The minimum atomic E-state index is -0.0415. The molecule has 0 radical (unpaired) electrons. The van der Waals surface area contributed by atoms with Crippen molar-refractivity contribution in [1.29, 1.82) is 0 Å². The number of nitrogens with zero attached hydrogens (tertiary/aromatic N) is 2. The van der Waals surface area contributed by atoms with Gasteiger partial charge in [-0.25, -0.2) is 0 Å². The van der Waals surface area contributed by atoms with E-state index in [-0.39, 0.29) is 24.1 Å². The Morgan fingerprint density at radius 3 is 0.595 bits per heavy atom. The Kier molecular flexibility index (Phi) is 55.6. The van der Waals surface area contributed by atoms with Crippen molar-refractivity contribution in [2.75, 3.05) is 39.3 Å². The number of carbonyl (C=O) groups is 2. The molecule has 74 heavy (non-hydrogen) atoms. The van der Waals surface area contributed by atoms with Gasteiger partial charge in [-0.05, 0) is 77.5 Å². The molecule has 0 saturated heterocycles. The predicted molar refractivity (Wildman–Crippen MR) is 325 cm³/mol. The van der Waals surface area contributed by atoms with Crippen LogP contribution in [0.2, 0.25) is 0 Å². The van der Waals surface area contributed by atoms with Crippen LogP contribution in [0.25, 0.3) is 0 Å². The highest BCUT2D eigenvalue weighted by molar-refractivity contribution is 5.70. The van der Waals surface area contributed by atoms with Crippen molar-refractivity contribution in [2.24, 2.45) is 0 Å². The van der Waals surface area contributed by atoms with E-state index in [1.54, 1.807) is 0 Å². The Labute approximate surface area is 464 Å². The van der Waals surface area contributed by atoms with Gasteiger partial charge in [0.05, 0.1) is 12.8 Å². The van der Waals surface area contributed by atoms with Gasteiger partial charge < -0.3 is 19.3 Å². The minimum absolute atomic E-state index is 0.0405. The predicted octanol–water partition coefficient (Wildman–Crippen LogP) is 21.6. The molecule has 0 unspecified atom stereocenters. The Morgan fingerprint density at radius 2 is 0.419 bits per heavy atom. The lowest BCUT2D eigenvalue weighted by Gasteiger charge is -2.29. The standard InChI is InChI=1S/C68H134N2O4/c1-5-9-13-17-21-25-29-33-37-41-45-49-59-69(60-50-46-42-38-34-30-26-22-18-14-10-6-2)63-57-67(71)73-65-53-55-66(56-54-65)74-68(72)58-64-70(61-51-47-43-39-35-31-27-23-19-15-11-7-3)62-52-48-44-40-36-32-28-24-20-16-12-8-4/h65-66H,5-64H2,1-4H3/t65-,66-. The molecule has 1 rings (SSSR count). The first-order chi connectivity index (χ1) is 36.5. The summed E-state index contributed by atoms with van der Waals surface area (Å²) in [4.78, 5) is 31.6. The first kappa shape index (κ1) is 70.9. The third-order valence-corrected chi connectivity index (χ3v) is 16.8. The molecule has 0 atom stereocenters. The first-order valence-corrected chi connectivity index (χ1v) is 34.4. The SMILES string of the molecule is CCCCCCCCCCCCCCN(CCCCCCCCCCCCCC)CCC(=O)O[C@H]1CC[C@H](OC(=O)CCN(CCCCCCCCCCCCCC)CCCCCCCCCCCCCC)CC1. The zero-order valence-corrected chi connectivity index (χ0v) is 51.1. The number of hydrogen-bond donors (Lipinski definition) is 0. The molecule has 0 N–H and O–H groups in total. The van der Waals surface area contributed by atoms with E-state index >= 15 is 0 Å². The van der Waals surface area contributed by atoms with Crippen molar-refractivity contribution in [3.05, 3.63) is 0 Å². The van der Waals surface area contributed by atoms with Gasteiger partial charge in [0.15, 0.2) is 0 Å². The quantitative estimate of drug-likeness (QED) is 0.0447. The summed E-state index contributed by atoms with van der Waals surface area (Å²) >= 11 is 0. The van der Waals surface area contributed by atoms with E-state index in [0.29, 0.717) is 12.8 Å². The molecule has 440 valence electrons. The Morgan fingerprint density at radius 1 is 0.257 bits per heavy atom. The van der Waals surface area contributed by atoms with Gasteiger partial charge in [0.25, 0.3) is 0 Å². The molecule has 1 aliphatic carbocycles. The van der Waals surface area contributed by atoms with Gasteiger partial charge in [-0.1, -0.05) is 310 Å². The molecule has 0 aliphatic heterocycles. The maximum atomic E-state index is 13.2. The van der Waals surface area contributed by atoms with Gasteiger partial charge in [0, 0.05) is 13.1 Å². The lowest BCUT2D eigenvalue weighted by atomic mass is 9.95. The van der Waals surface area contributed by atoms with Gasteiger partial charge in [-0.15, -0.1) is 0 Å². The fraction of sp³-hybridized carbons (Fsp3) is 0.971. The Hall–Kier alpha value is -1.14. The molecule has 0 spiro atoms. The largest absolute Gasteiger partial charge is 0.462 e. The van der Waals surface area contributed by atoms with Crippen molar-refractivity contribution in [3.63, 3.8) is 0 Å². The van der Waals surface area contributed by atoms with Crippen LogP contribution in [-0.2, 0) is 19.1 Å². The molecule has 0 aromatic rings. The summed E-state index contributed by atoms with van der Waals surface area (Å²) in [5.74, 6) is -0.0810. The molecule has 1 saturated carbocycles. The van der Waals surface area contributed by atoms with Gasteiger partial charge >= 0.3 is 11.9 Å². The number of unbranched alkanes of at least 4 members (excludes halogenated alkanes) is 44. The number of carbonyl (C=O) groups excluding carboxylic acids is 2. The molecular weight excluding hydrogens is 909 g/mol. The summed E-state index contributed by atoms with van der Waals surface area (Å²) in [7, 11) is 0. The molecule has 0 aromatic heterocycles. The third kappa shape index (κ3) is 50.4. The second-order valence-electron chi connectivity index (χ2n) is 24.1. The highest BCUT2D eigenvalue weighted by atomic mass is 16.6. The highest BCUT2D eigenvalue weighted by Crippen LogP contribution is 2.25. The van der Waals surface area contributed by atoms with Crippen LogP contribution in [0.1, 0.15) is 374 Å². The van der Waals surface area contributed by atoms with E-state index in [9.17, 15) is 9.59 Å². The van der Waals surface area contributed by atoms with Crippen molar-refractivity contribution in [3.8, 4) is 0 Å². The molecule has 0 aromatic carbocycles. The Balaban J connectivity index is 2.45. The summed E-state index contributed by atoms with van der Waals surface area (Å²) in [6, 6.07) is 0. The van der Waals surface area contributed by atoms with Gasteiger partial charge in [0.1, 0.15) is 12.2 Å². The molecule has 0 amide bonds. The topological polar surface area (TPSA) is 59.1 Å². The zero-order valence-electron chi connectivity index (χ0n) is 51.1. The summed E-state index contributed by atoms with van der Waals surface area (Å²) in [6.45, 7) is 15.3. The molecule has 6 heteroatoms. The second-order valence-corrected chi connectivity index (χ2v) is 24.1. The van der Waals surface area contributed by atoms with Crippen LogP contribution in [0.4, 0.5) is 0 Å². The van der Waals surface area contributed by atoms with E-state index in [0.717, 1.165) is 65.0 Å². The van der Waals surface area contributed by atoms with Crippen LogP contribution in [0.3, 0.4) is 0 Å². The van der Waals surface area contributed by atoms with Gasteiger partial charge in [-0.3, -0.25) is 9.59 Å². The minimum Gasteiger partial charge on any atom is -0.462 e. The van der Waals surface area contributed by atoms with Gasteiger partial charge in [0.2, 0.25) is 0 Å². The number of rotatable bonds is 60. The monoisotopic (exact) mass is 1040 g/mol. The molecule has 0 bridgehead atoms. The fourth-order valence-electron chi connectivity index (χ4n) is 11.6. The van der Waals surface area contributed by atoms with E-state index in [4.69, 9.17) is 9.47 Å². The summed E-state index contributed by atoms with van der Waals surface area (Å²) in [5, 5.41) is 0. The first-order valence-electron chi connectivity index (χ1n) is 34.4. The van der Waals surface area contributed by atoms with Crippen molar-refractivity contribution in [2.45, 2.75) is 387 Å². The smallest absolute Gasteiger partial charge is 0.307 e. The molecule has 1 fully saturated rings. The third-order valence-electron chi connectivity index (χ3n) is 16.8. The average molecular weight is 1040 g/mol. The molecule has 0 heterocycles. The van der Waals surface area contributed by atoms with E-state index in [1.165, 1.54) is 308 Å². The number of ether oxygens (including phenoxy) is 2. The van der Waals surface area contributed by atoms with Crippen LogP contribution in [0.15, 0.2) is 0 Å². The second kappa shape index (κ2) is 58.0. The number of esters is 2. The maximum absolute atomic E-state index is 13.2. The lowest BCUT2D eigenvalue weighted by Crippen LogP contribution is -2.33. The highest BCUT2D eigenvalue weighted by Gasteiger charge is 2.26. The van der Waals surface area contributed by atoms with E-state index in [2.05, 4.69) is 37.5 Å². The average Bonchev–Trinajstić information content (AvgIpc) is 3.40. The fourth-order valence-corrected chi connectivity index (χ4v) is 11.6. The number of hydrogen-bond acceptors (Lipinski definition) is 6.